The van der Waals surface area contributed by atoms with Crippen LogP contribution in [-0.2, 0) is 4.79 Å². The first-order valence-corrected chi connectivity index (χ1v) is 12.7. The highest BCUT2D eigenvalue weighted by Gasteiger charge is 2.35. The first-order chi connectivity index (χ1) is 17.4. The number of anilines is 2. The van der Waals surface area contributed by atoms with Crippen LogP contribution < -0.4 is 9.80 Å². The van der Waals surface area contributed by atoms with Crippen LogP contribution >= 0.6 is 11.6 Å². The number of rotatable bonds is 6. The van der Waals surface area contributed by atoms with Crippen LogP contribution in [0, 0.1) is 0 Å². The highest BCUT2D eigenvalue weighted by molar-refractivity contribution is 6.30. The molecule has 1 aliphatic carbocycles. The van der Waals surface area contributed by atoms with Crippen molar-refractivity contribution in [2.75, 3.05) is 49.6 Å². The van der Waals surface area contributed by atoms with Crippen LogP contribution in [0.1, 0.15) is 48.1 Å². The fourth-order valence-corrected chi connectivity index (χ4v) is 5.42. The van der Waals surface area contributed by atoms with Crippen molar-refractivity contribution < 1.29 is 9.90 Å². The molecule has 3 heterocycles. The second-order valence-corrected chi connectivity index (χ2v) is 10.1. The number of carbonyl (C=O) groups excluding carboxylic acids is 1. The standard InChI is InChI=1S/C27H31ClN6O2/c1-18-14-23(35)25-24(18)26(31-17-30-25)33-10-12-34(13-11-33)27(36)22(19-5-7-20(28)8-6-19)16-32(2)21-4-3-9-29-15-21/h3-9,15,17-18,22-23,35H,10-14,16H2,1-2H3/t18-,22?,23-/m1/s1. The maximum Gasteiger partial charge on any atom is 0.232 e. The van der Waals surface area contributed by atoms with Crippen LogP contribution in [-0.4, -0.2) is 70.6 Å². The topological polar surface area (TPSA) is 85.7 Å². The predicted octanol–water partition coefficient (Wildman–Crippen LogP) is 3.63. The van der Waals surface area contributed by atoms with Crippen molar-refractivity contribution in [2.45, 2.75) is 31.3 Å². The molecule has 0 radical (unpaired) electrons. The molecule has 9 heteroatoms. The van der Waals surface area contributed by atoms with Crippen molar-refractivity contribution in [1.29, 1.82) is 0 Å². The third-order valence-electron chi connectivity index (χ3n) is 7.28. The van der Waals surface area contributed by atoms with E-state index in [1.54, 1.807) is 12.4 Å². The van der Waals surface area contributed by atoms with Crippen LogP contribution in [0.2, 0.25) is 5.02 Å². The molecule has 3 atom stereocenters. The molecule has 0 bridgehead atoms. The number of aliphatic hydroxyl groups is 1. The van der Waals surface area contributed by atoms with Gasteiger partial charge >= 0.3 is 0 Å². The van der Waals surface area contributed by atoms with Crippen molar-refractivity contribution in [1.82, 2.24) is 19.9 Å². The molecule has 1 amide bonds. The van der Waals surface area contributed by atoms with Crippen LogP contribution in [0.3, 0.4) is 0 Å². The Bertz CT molecular complexity index is 1200. The van der Waals surface area contributed by atoms with Crippen LogP contribution in [0.5, 0.6) is 0 Å². The minimum Gasteiger partial charge on any atom is -0.387 e. The smallest absolute Gasteiger partial charge is 0.232 e. The minimum atomic E-state index is -0.531. The highest BCUT2D eigenvalue weighted by atomic mass is 35.5. The van der Waals surface area contributed by atoms with E-state index in [1.165, 1.54) is 6.33 Å². The van der Waals surface area contributed by atoms with E-state index in [9.17, 15) is 9.90 Å². The molecule has 1 unspecified atom stereocenters. The number of aliphatic hydroxyl groups excluding tert-OH is 1. The monoisotopic (exact) mass is 506 g/mol. The second kappa shape index (κ2) is 10.4. The number of amides is 1. The molecule has 188 valence electrons. The zero-order chi connectivity index (χ0) is 25.2. The third-order valence-corrected chi connectivity index (χ3v) is 7.54. The largest absolute Gasteiger partial charge is 0.387 e. The fourth-order valence-electron chi connectivity index (χ4n) is 5.29. The van der Waals surface area contributed by atoms with Crippen LogP contribution in [0.25, 0.3) is 0 Å². The van der Waals surface area contributed by atoms with Gasteiger partial charge in [0.15, 0.2) is 0 Å². The number of piperazine rings is 1. The van der Waals surface area contributed by atoms with Gasteiger partial charge in [0.2, 0.25) is 5.91 Å². The number of halogens is 1. The molecule has 2 aromatic heterocycles. The maximum absolute atomic E-state index is 13.8. The summed E-state index contributed by atoms with van der Waals surface area (Å²) in [6, 6.07) is 11.4. The maximum atomic E-state index is 13.8. The Balaban J connectivity index is 1.32. The summed E-state index contributed by atoms with van der Waals surface area (Å²) in [5, 5.41) is 11.0. The van der Waals surface area contributed by atoms with Gasteiger partial charge in [-0.05, 0) is 42.2 Å². The van der Waals surface area contributed by atoms with Crippen molar-refractivity contribution in [2.24, 2.45) is 0 Å². The number of pyridine rings is 1. The molecule has 0 saturated carbocycles. The number of aromatic nitrogens is 3. The Hall–Kier alpha value is -3.23. The van der Waals surface area contributed by atoms with Gasteiger partial charge in [-0.2, -0.15) is 0 Å². The number of likely N-dealkylation sites (N-methyl/N-ethyl adjacent to an activating group) is 1. The van der Waals surface area contributed by atoms with Gasteiger partial charge in [-0.25, -0.2) is 9.97 Å². The van der Waals surface area contributed by atoms with E-state index in [0.717, 1.165) is 28.3 Å². The molecule has 36 heavy (non-hydrogen) atoms. The van der Waals surface area contributed by atoms with Gasteiger partial charge in [-0.3, -0.25) is 9.78 Å². The van der Waals surface area contributed by atoms with E-state index in [-0.39, 0.29) is 17.7 Å². The summed E-state index contributed by atoms with van der Waals surface area (Å²) < 4.78 is 0. The lowest BCUT2D eigenvalue weighted by Crippen LogP contribution is -2.51. The lowest BCUT2D eigenvalue weighted by atomic mass is 9.96. The summed E-state index contributed by atoms with van der Waals surface area (Å²) in [7, 11) is 1.98. The fraction of sp³-hybridized carbons (Fsp3) is 0.407. The van der Waals surface area contributed by atoms with Crippen LogP contribution in [0.15, 0.2) is 55.1 Å². The zero-order valence-corrected chi connectivity index (χ0v) is 21.3. The molecular weight excluding hydrogens is 476 g/mol. The van der Waals surface area contributed by atoms with E-state index in [1.807, 2.05) is 48.3 Å². The summed E-state index contributed by atoms with van der Waals surface area (Å²) in [6.45, 7) is 5.22. The van der Waals surface area contributed by atoms with Crippen molar-refractivity contribution in [3.05, 3.63) is 77.0 Å². The molecule has 2 aliphatic rings. The molecule has 3 aromatic rings. The Morgan fingerprint density at radius 2 is 1.92 bits per heavy atom. The SMILES string of the molecule is C[C@@H]1C[C@@H](O)c2ncnc(N3CCN(C(=O)C(CN(C)c4cccnc4)c4ccc(Cl)cc4)CC3)c21. The molecule has 1 aromatic carbocycles. The second-order valence-electron chi connectivity index (χ2n) is 9.66. The number of nitrogens with zero attached hydrogens (tertiary/aromatic N) is 6. The number of hydrogen-bond donors (Lipinski definition) is 1. The van der Waals surface area contributed by atoms with Gasteiger partial charge in [0, 0.05) is 56.6 Å². The summed E-state index contributed by atoms with van der Waals surface area (Å²) in [5.74, 6) is 0.867. The number of carbonyl (C=O) groups is 1. The average Bonchev–Trinajstić information content (AvgIpc) is 3.21. The van der Waals surface area contributed by atoms with Gasteiger partial charge in [-0.15, -0.1) is 0 Å². The molecule has 0 spiro atoms. The average molecular weight is 507 g/mol. The van der Waals surface area contributed by atoms with Gasteiger partial charge in [-0.1, -0.05) is 30.7 Å². The van der Waals surface area contributed by atoms with E-state index in [0.29, 0.717) is 44.2 Å². The van der Waals surface area contributed by atoms with Gasteiger partial charge in [0.25, 0.3) is 0 Å². The Morgan fingerprint density at radius 1 is 1.17 bits per heavy atom. The number of hydrogen-bond acceptors (Lipinski definition) is 7. The normalized spacial score (nSPS) is 20.2. The Kier molecular flexibility index (Phi) is 7.07. The summed E-state index contributed by atoms with van der Waals surface area (Å²) >= 11 is 6.13. The first kappa shape index (κ1) is 24.5. The molecule has 1 saturated heterocycles. The quantitative estimate of drug-likeness (QED) is 0.546. The molecule has 5 rings (SSSR count). The first-order valence-electron chi connectivity index (χ1n) is 12.4. The number of benzene rings is 1. The van der Waals surface area contributed by atoms with Gasteiger partial charge in [0.05, 0.1) is 29.6 Å². The molecule has 8 nitrogen and oxygen atoms in total. The van der Waals surface area contributed by atoms with E-state index >= 15 is 0 Å². The molecular formula is C27H31ClN6O2. The lowest BCUT2D eigenvalue weighted by Gasteiger charge is -2.38. The zero-order valence-electron chi connectivity index (χ0n) is 20.6. The van der Waals surface area contributed by atoms with E-state index in [2.05, 4.69) is 31.7 Å². The summed E-state index contributed by atoms with van der Waals surface area (Å²) in [6.07, 6.45) is 5.23. The van der Waals surface area contributed by atoms with Crippen molar-refractivity contribution in [3.63, 3.8) is 0 Å². The highest BCUT2D eigenvalue weighted by Crippen LogP contribution is 2.42. The van der Waals surface area contributed by atoms with Gasteiger partial charge < -0.3 is 19.8 Å². The predicted molar refractivity (Wildman–Crippen MR) is 141 cm³/mol. The number of fused-ring (bicyclic) bond motifs is 1. The van der Waals surface area contributed by atoms with Crippen molar-refractivity contribution >= 4 is 29.0 Å². The Morgan fingerprint density at radius 3 is 2.61 bits per heavy atom. The molecule has 1 fully saturated rings. The summed E-state index contributed by atoms with van der Waals surface area (Å²) in [4.78, 5) is 33.2. The molecule has 1 aliphatic heterocycles. The Labute approximate surface area is 216 Å². The minimum absolute atomic E-state index is 0.101. The lowest BCUT2D eigenvalue weighted by molar-refractivity contribution is -0.132. The third kappa shape index (κ3) is 4.88. The summed E-state index contributed by atoms with van der Waals surface area (Å²) in [5.41, 5.74) is 3.69. The van der Waals surface area contributed by atoms with Crippen LogP contribution in [0.4, 0.5) is 11.5 Å². The molecule has 1 N–H and O–H groups in total. The van der Waals surface area contributed by atoms with E-state index < -0.39 is 6.10 Å². The van der Waals surface area contributed by atoms with Crippen molar-refractivity contribution in [3.8, 4) is 0 Å². The van der Waals surface area contributed by atoms with Gasteiger partial charge in [0.1, 0.15) is 12.1 Å². The van der Waals surface area contributed by atoms with E-state index in [4.69, 9.17) is 11.6 Å².